The Bertz CT molecular complexity index is 5080. The fraction of sp³-hybridized carbons (Fsp3) is 0.495. The molecule has 0 radical (unpaired) electrons. The van der Waals surface area contributed by atoms with Gasteiger partial charge in [-0.25, -0.2) is 4.39 Å². The third-order valence-electron chi connectivity index (χ3n) is 26.8. The lowest BCUT2D eigenvalue weighted by molar-refractivity contribution is -0.128. The first kappa shape index (κ1) is 89.8. The number of hydrogen-bond acceptors (Lipinski definition) is 15. The molecule has 16 rings (SSSR count). The van der Waals surface area contributed by atoms with Gasteiger partial charge in [0.25, 0.3) is 0 Å². The van der Waals surface area contributed by atoms with Crippen molar-refractivity contribution in [2.75, 3.05) is 231 Å². The van der Waals surface area contributed by atoms with Crippen LogP contribution in [0.3, 0.4) is 0 Å². The maximum atomic E-state index is 13.2. The van der Waals surface area contributed by atoms with Gasteiger partial charge in [0.05, 0.1) is 7.11 Å². The fourth-order valence-corrected chi connectivity index (χ4v) is 18.7. The molecule has 658 valence electrons. The Morgan fingerprint density at radius 2 is 0.642 bits per heavy atom. The Morgan fingerprint density at radius 3 is 0.984 bits per heavy atom. The van der Waals surface area contributed by atoms with Gasteiger partial charge in [-0.05, 0) is 229 Å². The van der Waals surface area contributed by atoms with Gasteiger partial charge in [0.1, 0.15) is 11.6 Å². The standard InChI is InChI=1S/C34H45N5O3.C34H47N5O2.C33H44FN5O/c1-26-5-8-31-30(23-26)29(27(2)39(31)13-4-12-36-17-15-35(3)16-18-36)7-10-34(40)38-21-19-37(20-22-38)14-11-28-6-9-32-33(24-28)42-25-41-32;1-27-6-12-33-32(26-27)31(28(2)39(33)16-5-15-36-20-18-35(3)19-21-36)11-13-34(40)38-24-22-37(23-25-38)17-14-29-7-9-30(41-4)10-8-29;1-26-5-11-32-31(25-26)30(27(2)39(32)15-4-14-36-19-17-35(3)18-20-36)10-12-33(40)38-23-21-37(22-24-38)16-13-28-6-8-29(34)9-7-28/h5-10,23-24H,4,11-22,25H2,1-3H3;6-13,26H,5,14-25H2,1-4H3;5-12,25H,4,13-24H2,1-3H3/b10-7+;13-11+;12-10+. The highest BCUT2D eigenvalue weighted by Gasteiger charge is 2.27. The summed E-state index contributed by atoms with van der Waals surface area (Å²) in [4.78, 5) is 67.8. The number of nitrogens with zero attached hydrogens (tertiary/aromatic N) is 15. The van der Waals surface area contributed by atoms with E-state index < -0.39 is 0 Å². The van der Waals surface area contributed by atoms with Crippen LogP contribution in [0.15, 0.2) is 140 Å². The number of carbonyl (C=O) groups excluding carboxylic acids is 3. The van der Waals surface area contributed by atoms with E-state index in [-0.39, 0.29) is 23.5 Å². The molecule has 0 spiro atoms. The number of halogens is 1. The van der Waals surface area contributed by atoms with Crippen molar-refractivity contribution in [3.05, 3.63) is 213 Å². The summed E-state index contributed by atoms with van der Waals surface area (Å²) in [6.07, 6.45) is 17.8. The molecule has 3 amide bonds. The van der Waals surface area contributed by atoms with Crippen LogP contribution in [0.5, 0.6) is 17.2 Å². The van der Waals surface area contributed by atoms with Crippen LogP contribution >= 0.6 is 0 Å². The number of fused-ring (bicyclic) bond motifs is 4. The van der Waals surface area contributed by atoms with Crippen molar-refractivity contribution in [1.82, 2.24) is 72.5 Å². The molecule has 0 N–H and O–H groups in total. The molecule has 9 aromatic rings. The second-order valence-corrected chi connectivity index (χ2v) is 35.4. The first-order valence-corrected chi connectivity index (χ1v) is 45.6. The van der Waals surface area contributed by atoms with E-state index in [9.17, 15) is 18.8 Å². The van der Waals surface area contributed by atoms with Crippen LogP contribution in [0.4, 0.5) is 4.39 Å². The molecule has 0 bridgehead atoms. The molecule has 21 nitrogen and oxygen atoms in total. The van der Waals surface area contributed by atoms with Crippen LogP contribution in [0.1, 0.15) is 86.4 Å². The van der Waals surface area contributed by atoms with Crippen molar-refractivity contribution in [3.8, 4) is 17.2 Å². The molecular weight excluding hydrogens is 1540 g/mol. The van der Waals surface area contributed by atoms with Gasteiger partial charge in [-0.3, -0.25) is 29.1 Å². The SMILES string of the molecule is COc1ccc(CCN2CCN(C(=O)/C=C/c3c(C)n(CCCN4CCN(C)CC4)c4ccc(C)cc34)CC2)cc1.Cc1ccc2c(c1)c(/C=C/C(=O)N1CCN(CCc3ccc(F)cc3)CC1)c(C)n2CCCN1CCN(C)CC1.Cc1ccc2c(c1)c(/C=C/C(=O)N1CCN(CCc3ccc4c(c3)OCO4)CC1)c(C)n2CCCN1CCN(C)CC1. The predicted octanol–water partition coefficient (Wildman–Crippen LogP) is 12.8. The largest absolute Gasteiger partial charge is 0.497 e. The van der Waals surface area contributed by atoms with E-state index in [1.54, 1.807) is 25.3 Å². The van der Waals surface area contributed by atoms with Crippen LogP contribution in [-0.4, -0.2) is 322 Å². The molecule has 10 heterocycles. The summed E-state index contributed by atoms with van der Waals surface area (Å²) in [6.45, 7) is 46.4. The van der Waals surface area contributed by atoms with Crippen molar-refractivity contribution in [3.63, 3.8) is 0 Å². The molecule has 6 saturated heterocycles. The van der Waals surface area contributed by atoms with E-state index in [0.717, 1.165) is 283 Å². The number of methoxy groups -OCH3 is 1. The first-order chi connectivity index (χ1) is 59.7. The Labute approximate surface area is 731 Å². The van der Waals surface area contributed by atoms with E-state index in [4.69, 9.17) is 14.2 Å². The summed E-state index contributed by atoms with van der Waals surface area (Å²) in [6, 6.07) is 41.4. The molecule has 6 aromatic carbocycles. The highest BCUT2D eigenvalue weighted by molar-refractivity contribution is 6.00. The van der Waals surface area contributed by atoms with Crippen molar-refractivity contribution < 1.29 is 33.0 Å². The van der Waals surface area contributed by atoms with Crippen molar-refractivity contribution >= 4 is 68.7 Å². The number of hydrogen-bond donors (Lipinski definition) is 0. The maximum Gasteiger partial charge on any atom is 0.246 e. The van der Waals surface area contributed by atoms with Crippen molar-refractivity contribution in [2.24, 2.45) is 0 Å². The zero-order valence-electron chi connectivity index (χ0n) is 75.3. The average molecular weight is 1680 g/mol. The van der Waals surface area contributed by atoms with E-state index in [1.165, 1.54) is 101 Å². The fourth-order valence-electron chi connectivity index (χ4n) is 18.7. The number of aryl methyl sites for hydroxylation is 6. The monoisotopic (exact) mass is 1670 g/mol. The van der Waals surface area contributed by atoms with Crippen LogP contribution in [0, 0.1) is 47.4 Å². The van der Waals surface area contributed by atoms with Gasteiger partial charge in [-0.15, -0.1) is 0 Å². The topological polar surface area (TPSA) is 133 Å². The number of benzene rings is 6. The lowest BCUT2D eigenvalue weighted by Crippen LogP contribution is -2.48. The van der Waals surface area contributed by atoms with E-state index in [1.807, 2.05) is 51.1 Å². The molecular formula is C101H136FN15O6. The number of piperazine rings is 6. The lowest BCUT2D eigenvalue weighted by Gasteiger charge is -2.34. The summed E-state index contributed by atoms with van der Waals surface area (Å²) >= 11 is 0. The Balaban J connectivity index is 0.000000150. The van der Waals surface area contributed by atoms with Gasteiger partial charge in [0.2, 0.25) is 24.5 Å². The second kappa shape index (κ2) is 43.4. The molecule has 0 aliphatic carbocycles. The zero-order valence-corrected chi connectivity index (χ0v) is 75.3. The quantitative estimate of drug-likeness (QED) is 0.0431. The molecule has 123 heavy (non-hydrogen) atoms. The van der Waals surface area contributed by atoms with Crippen molar-refractivity contribution in [2.45, 2.75) is 99.7 Å². The van der Waals surface area contributed by atoms with Crippen molar-refractivity contribution in [1.29, 1.82) is 0 Å². The van der Waals surface area contributed by atoms with Crippen LogP contribution in [-0.2, 0) is 53.3 Å². The molecule has 0 unspecified atom stereocenters. The Morgan fingerprint density at radius 1 is 0.341 bits per heavy atom. The first-order valence-electron chi connectivity index (χ1n) is 45.6. The Kier molecular flexibility index (Phi) is 31.7. The summed E-state index contributed by atoms with van der Waals surface area (Å²) in [5.74, 6) is 2.67. The van der Waals surface area contributed by atoms with E-state index in [0.29, 0.717) is 6.79 Å². The van der Waals surface area contributed by atoms with Gasteiger partial charge < -0.3 is 72.0 Å². The normalized spacial score (nSPS) is 18.0. The third-order valence-corrected chi connectivity index (χ3v) is 26.8. The highest BCUT2D eigenvalue weighted by Crippen LogP contribution is 2.35. The van der Waals surface area contributed by atoms with Crippen LogP contribution in [0.2, 0.25) is 0 Å². The lowest BCUT2D eigenvalue weighted by atomic mass is 10.1. The number of ether oxygens (including phenoxy) is 3. The minimum absolute atomic E-state index is 0.0844. The summed E-state index contributed by atoms with van der Waals surface area (Å²) in [7, 11) is 8.31. The van der Waals surface area contributed by atoms with Gasteiger partial charge in [-0.1, -0.05) is 65.2 Å². The van der Waals surface area contributed by atoms with Gasteiger partial charge in [-0.2, -0.15) is 0 Å². The minimum Gasteiger partial charge on any atom is -0.497 e. The number of likely N-dealkylation sites (N-methyl/N-ethyl adjacent to an activating group) is 3. The number of rotatable bonds is 28. The van der Waals surface area contributed by atoms with Gasteiger partial charge >= 0.3 is 0 Å². The van der Waals surface area contributed by atoms with Crippen LogP contribution in [0.25, 0.3) is 50.9 Å². The maximum absolute atomic E-state index is 13.2. The molecule has 3 aromatic heterocycles. The molecule has 6 fully saturated rings. The third kappa shape index (κ3) is 24.2. The number of carbonyl (C=O) groups is 3. The summed E-state index contributed by atoms with van der Waals surface area (Å²) < 4.78 is 36.7. The average Bonchev–Trinajstić information content (AvgIpc) is 1.63. The predicted molar refractivity (Wildman–Crippen MR) is 499 cm³/mol. The van der Waals surface area contributed by atoms with E-state index >= 15 is 0 Å². The van der Waals surface area contributed by atoms with Gasteiger partial charge in [0, 0.05) is 281 Å². The molecule has 7 aliphatic rings. The number of amides is 3. The highest BCUT2D eigenvalue weighted by atomic mass is 19.1. The smallest absolute Gasteiger partial charge is 0.246 e. The molecule has 0 saturated carbocycles. The summed E-state index contributed by atoms with van der Waals surface area (Å²) in [5.41, 5.74) is 18.5. The zero-order chi connectivity index (χ0) is 85.9. The summed E-state index contributed by atoms with van der Waals surface area (Å²) in [5, 5.41) is 3.71. The Hall–Kier alpha value is -9.46. The van der Waals surface area contributed by atoms with Gasteiger partial charge in [0.15, 0.2) is 11.5 Å². The van der Waals surface area contributed by atoms with Crippen LogP contribution < -0.4 is 14.2 Å². The minimum atomic E-state index is -0.194. The van der Waals surface area contributed by atoms with E-state index in [2.05, 4.69) is 212 Å². The molecule has 22 heteroatoms. The molecule has 7 aliphatic heterocycles. The second-order valence-electron chi connectivity index (χ2n) is 35.4. The molecule has 0 atom stereocenters. The number of aromatic nitrogens is 3.